The number of nitrogens with zero attached hydrogens (tertiary/aromatic N) is 3. The number of ether oxygens (including phenoxy) is 1. The average Bonchev–Trinajstić information content (AvgIpc) is 3.66. The maximum Gasteiger partial charge on any atom is 0.255 e. The van der Waals surface area contributed by atoms with Gasteiger partial charge in [0, 0.05) is 63.4 Å². The molecule has 216 valence electrons. The molecule has 1 saturated heterocycles. The molecule has 3 aromatic carbocycles. The number of benzene rings is 3. The smallest absolute Gasteiger partial charge is 0.255 e. The minimum absolute atomic E-state index is 0.0659. The molecular weight excluding hydrogens is 526 g/mol. The number of rotatable bonds is 11. The van der Waals surface area contributed by atoms with Crippen LogP contribution in [0.3, 0.4) is 0 Å². The summed E-state index contributed by atoms with van der Waals surface area (Å²) in [7, 11) is 0. The normalized spacial score (nSPS) is 16.2. The van der Waals surface area contributed by atoms with E-state index in [1.54, 1.807) is 0 Å². The van der Waals surface area contributed by atoms with E-state index in [9.17, 15) is 9.59 Å². The first-order valence-electron chi connectivity index (χ1n) is 14.8. The number of para-hydroxylation sites is 1. The number of aromatic nitrogens is 2. The summed E-state index contributed by atoms with van der Waals surface area (Å²) in [4.78, 5) is 31.2. The van der Waals surface area contributed by atoms with E-state index in [2.05, 4.69) is 68.7 Å². The van der Waals surface area contributed by atoms with Crippen LogP contribution in [-0.4, -0.2) is 52.5 Å². The summed E-state index contributed by atoms with van der Waals surface area (Å²) in [5, 5.41) is 6.69. The van der Waals surface area contributed by atoms with Crippen LogP contribution in [0.2, 0.25) is 0 Å². The van der Waals surface area contributed by atoms with Gasteiger partial charge in [-0.15, -0.1) is 0 Å². The maximum atomic E-state index is 13.0. The largest absolute Gasteiger partial charge is 0.492 e. The fourth-order valence-electron chi connectivity index (χ4n) is 5.82. The Morgan fingerprint density at radius 1 is 1.00 bits per heavy atom. The van der Waals surface area contributed by atoms with Gasteiger partial charge in [0.2, 0.25) is 5.91 Å². The van der Waals surface area contributed by atoms with Crippen LogP contribution in [0, 0.1) is 0 Å². The van der Waals surface area contributed by atoms with Crippen molar-refractivity contribution in [1.29, 1.82) is 0 Å². The second-order valence-electron chi connectivity index (χ2n) is 11.0. The molecule has 0 bridgehead atoms. The highest BCUT2D eigenvalue weighted by atomic mass is 16.5. The van der Waals surface area contributed by atoms with Crippen molar-refractivity contribution in [1.82, 2.24) is 25.1 Å². The number of carbonyl (C=O) groups excluding carboxylic acids is 2. The third-order valence-electron chi connectivity index (χ3n) is 8.12. The molecule has 6 rings (SSSR count). The van der Waals surface area contributed by atoms with Crippen LogP contribution in [-0.2, 0) is 17.9 Å². The number of likely N-dealkylation sites (tertiary alicyclic amines) is 1. The Balaban J connectivity index is 1.05. The van der Waals surface area contributed by atoms with Crippen LogP contribution in [0.5, 0.6) is 5.75 Å². The lowest BCUT2D eigenvalue weighted by molar-refractivity contribution is -0.127. The monoisotopic (exact) mass is 563 g/mol. The molecule has 2 N–H and O–H groups in total. The van der Waals surface area contributed by atoms with Crippen molar-refractivity contribution in [3.63, 3.8) is 0 Å². The predicted octanol–water partition coefficient (Wildman–Crippen LogP) is 4.95. The Morgan fingerprint density at radius 2 is 1.83 bits per heavy atom. The van der Waals surface area contributed by atoms with Gasteiger partial charge < -0.3 is 24.8 Å². The van der Waals surface area contributed by atoms with Crippen LogP contribution in [0.1, 0.15) is 58.9 Å². The van der Waals surface area contributed by atoms with Gasteiger partial charge in [0.05, 0.1) is 24.2 Å². The Kier molecular flexibility index (Phi) is 8.61. The Hall–Kier alpha value is -4.43. The van der Waals surface area contributed by atoms with Gasteiger partial charge in [0.1, 0.15) is 5.75 Å². The van der Waals surface area contributed by atoms with Gasteiger partial charge in [-0.25, -0.2) is 4.98 Å². The number of nitrogens with one attached hydrogen (secondary N) is 2. The molecule has 0 radical (unpaired) electrons. The zero-order valence-electron chi connectivity index (χ0n) is 23.8. The van der Waals surface area contributed by atoms with Crippen LogP contribution in [0.15, 0.2) is 85.3 Å². The van der Waals surface area contributed by atoms with Crippen molar-refractivity contribution in [3.05, 3.63) is 108 Å². The van der Waals surface area contributed by atoms with E-state index < -0.39 is 0 Å². The molecule has 1 aromatic heterocycles. The second kappa shape index (κ2) is 13.0. The topological polar surface area (TPSA) is 88.5 Å². The molecule has 8 heteroatoms. The van der Waals surface area contributed by atoms with Gasteiger partial charge in [-0.1, -0.05) is 66.7 Å². The van der Waals surface area contributed by atoms with Crippen molar-refractivity contribution in [3.8, 4) is 16.9 Å². The van der Waals surface area contributed by atoms with E-state index in [1.165, 1.54) is 16.7 Å². The third kappa shape index (κ3) is 6.39. The summed E-state index contributed by atoms with van der Waals surface area (Å²) in [6.45, 7) is 3.96. The van der Waals surface area contributed by atoms with Gasteiger partial charge >= 0.3 is 0 Å². The standard InChI is InChI=1S/C34H37N5O3/c40-32-11-5-18-38(32)19-6-17-36-34(41)30-10-4-9-29-31(16-20-42-33(29)30)37-22-28-21-35-24-39(28)23-25-12-14-27(15-13-25)26-7-2-1-3-8-26/h1-4,7-10,12-15,21,24,31,37H,5-6,11,16-20,22-23H2,(H,36,41). The third-order valence-corrected chi connectivity index (χ3v) is 8.12. The van der Waals surface area contributed by atoms with Crippen LogP contribution >= 0.6 is 0 Å². The number of amides is 2. The molecule has 0 spiro atoms. The molecule has 0 saturated carbocycles. The van der Waals surface area contributed by atoms with Gasteiger partial charge in [-0.05, 0) is 35.6 Å². The minimum atomic E-state index is -0.142. The summed E-state index contributed by atoms with van der Waals surface area (Å²) < 4.78 is 8.19. The van der Waals surface area contributed by atoms with Crippen molar-refractivity contribution in [2.75, 3.05) is 26.2 Å². The molecular formula is C34H37N5O3. The zero-order chi connectivity index (χ0) is 28.7. The Bertz CT molecular complexity index is 1520. The van der Waals surface area contributed by atoms with Crippen LogP contribution in [0.4, 0.5) is 0 Å². The van der Waals surface area contributed by atoms with Crippen molar-refractivity contribution < 1.29 is 14.3 Å². The number of imidazole rings is 1. The Labute approximate surface area is 246 Å². The van der Waals surface area contributed by atoms with Crippen LogP contribution in [0.25, 0.3) is 11.1 Å². The summed E-state index contributed by atoms with van der Waals surface area (Å²) >= 11 is 0. The quantitative estimate of drug-likeness (QED) is 0.252. The van der Waals surface area contributed by atoms with E-state index in [1.807, 2.05) is 41.7 Å². The molecule has 0 aliphatic carbocycles. The summed E-state index contributed by atoms with van der Waals surface area (Å²) in [5.74, 6) is 0.725. The zero-order valence-corrected chi connectivity index (χ0v) is 23.8. The van der Waals surface area contributed by atoms with Crippen molar-refractivity contribution in [2.24, 2.45) is 0 Å². The van der Waals surface area contributed by atoms with Gasteiger partial charge in [-0.3, -0.25) is 9.59 Å². The van der Waals surface area contributed by atoms with E-state index in [0.29, 0.717) is 44.0 Å². The highest BCUT2D eigenvalue weighted by Gasteiger charge is 2.26. The van der Waals surface area contributed by atoms with Gasteiger partial charge in [0.15, 0.2) is 0 Å². The minimum Gasteiger partial charge on any atom is -0.492 e. The first kappa shape index (κ1) is 27.7. The predicted molar refractivity (Wildman–Crippen MR) is 162 cm³/mol. The van der Waals surface area contributed by atoms with E-state index in [4.69, 9.17) is 4.74 Å². The first-order chi connectivity index (χ1) is 20.7. The average molecular weight is 564 g/mol. The van der Waals surface area contributed by atoms with Gasteiger partial charge in [-0.2, -0.15) is 0 Å². The molecule has 2 aliphatic heterocycles. The molecule has 1 atom stereocenters. The molecule has 1 unspecified atom stereocenters. The summed E-state index contributed by atoms with van der Waals surface area (Å²) in [6, 6.07) is 24.9. The number of carbonyl (C=O) groups is 2. The number of fused-ring (bicyclic) bond motifs is 1. The fourth-order valence-corrected chi connectivity index (χ4v) is 5.82. The Morgan fingerprint density at radius 3 is 2.64 bits per heavy atom. The lowest BCUT2D eigenvalue weighted by Crippen LogP contribution is -2.32. The first-order valence-corrected chi connectivity index (χ1v) is 14.8. The SMILES string of the molecule is O=C(NCCCN1CCCC1=O)c1cccc2c1OCCC2NCc1cncn1Cc1ccc(-c2ccccc2)cc1. The van der Waals surface area contributed by atoms with Crippen molar-refractivity contribution in [2.45, 2.75) is 44.8 Å². The van der Waals surface area contributed by atoms with E-state index in [0.717, 1.165) is 43.6 Å². The lowest BCUT2D eigenvalue weighted by Gasteiger charge is -2.28. The summed E-state index contributed by atoms with van der Waals surface area (Å²) in [5.41, 5.74) is 6.29. The number of hydrogen-bond acceptors (Lipinski definition) is 5. The maximum absolute atomic E-state index is 13.0. The highest BCUT2D eigenvalue weighted by molar-refractivity contribution is 5.97. The highest BCUT2D eigenvalue weighted by Crippen LogP contribution is 2.35. The van der Waals surface area contributed by atoms with E-state index >= 15 is 0 Å². The molecule has 4 aromatic rings. The molecule has 8 nitrogen and oxygen atoms in total. The van der Waals surface area contributed by atoms with Crippen LogP contribution < -0.4 is 15.4 Å². The molecule has 2 aliphatic rings. The fraction of sp³-hybridized carbons (Fsp3) is 0.324. The molecule has 42 heavy (non-hydrogen) atoms. The van der Waals surface area contributed by atoms with E-state index in [-0.39, 0.29) is 17.9 Å². The molecule has 1 fully saturated rings. The summed E-state index contributed by atoms with van der Waals surface area (Å²) in [6.07, 6.45) is 6.91. The lowest BCUT2D eigenvalue weighted by atomic mass is 9.97. The van der Waals surface area contributed by atoms with Crippen molar-refractivity contribution >= 4 is 11.8 Å². The van der Waals surface area contributed by atoms with Gasteiger partial charge in [0.25, 0.3) is 5.91 Å². The number of hydrogen-bond donors (Lipinski definition) is 2. The molecule has 3 heterocycles. The second-order valence-corrected chi connectivity index (χ2v) is 11.0. The molecule has 2 amide bonds.